The highest BCUT2D eigenvalue weighted by atomic mass is 15.4. The minimum atomic E-state index is -1.44. The molecule has 0 spiro atoms. The molecule has 7 aromatic carbocycles. The van der Waals surface area contributed by atoms with Gasteiger partial charge in [0, 0.05) is 38.2 Å². The second-order valence-corrected chi connectivity index (χ2v) is 14.7. The Morgan fingerprint density at radius 2 is 1.07 bits per heavy atom. The van der Waals surface area contributed by atoms with Crippen LogP contribution < -0.4 is 4.90 Å². The molecule has 6 nitrogen and oxygen atoms in total. The highest BCUT2D eigenvalue weighted by Gasteiger charge is 2.58. The van der Waals surface area contributed by atoms with E-state index in [1.54, 1.807) is 13.8 Å². The molecule has 12 rings (SSSR count). The zero-order chi connectivity index (χ0) is 62.8. The summed E-state index contributed by atoms with van der Waals surface area (Å²) in [5, 5.41) is -1.39. The average molecular weight is 790 g/mol. The quantitative estimate of drug-likeness (QED) is 0.174. The molecule has 0 saturated heterocycles. The van der Waals surface area contributed by atoms with E-state index in [0.717, 1.165) is 15.2 Å². The predicted octanol–water partition coefficient (Wildman–Crippen LogP) is 13.1. The van der Waals surface area contributed by atoms with E-state index in [0.29, 0.717) is 12.8 Å². The van der Waals surface area contributed by atoms with Crippen LogP contribution in [0.5, 0.6) is 0 Å². The molecule has 1 aliphatic heterocycles. The topological polar surface area (TPSA) is 51.8 Å². The fourth-order valence-corrected chi connectivity index (χ4v) is 8.91. The molecule has 2 aliphatic rings. The summed E-state index contributed by atoms with van der Waals surface area (Å²) in [5.74, 6) is -2.12. The molecule has 0 radical (unpaired) electrons. The van der Waals surface area contributed by atoms with Crippen molar-refractivity contribution in [2.45, 2.75) is 50.5 Å². The third-order valence-corrected chi connectivity index (χ3v) is 11.9. The summed E-state index contributed by atoms with van der Waals surface area (Å²) in [5.41, 5.74) is -7.33. The summed E-state index contributed by atoms with van der Waals surface area (Å²) in [4.78, 5) is 16.1. The van der Waals surface area contributed by atoms with E-state index in [4.69, 9.17) is 35.5 Å². The summed E-state index contributed by atoms with van der Waals surface area (Å²) in [6, 6.07) is -20.0. The van der Waals surface area contributed by atoms with Gasteiger partial charge in [0.05, 0.1) is 70.3 Å². The second-order valence-electron chi connectivity index (χ2n) is 14.7. The first-order valence-electron chi connectivity index (χ1n) is 32.1. The van der Waals surface area contributed by atoms with Crippen LogP contribution in [0.25, 0.3) is 77.8 Å². The molecular weight excluding hydrogens is 721 g/mol. The van der Waals surface area contributed by atoms with Crippen LogP contribution in [0.2, 0.25) is 0 Å². The molecule has 284 valence electrons. The lowest BCUT2D eigenvalue weighted by Crippen LogP contribution is -2.55. The van der Waals surface area contributed by atoms with Crippen molar-refractivity contribution in [2.24, 2.45) is 0 Å². The number of fused-ring (bicyclic) bond motifs is 9. The highest BCUT2D eigenvalue weighted by molar-refractivity contribution is 6.10. The van der Waals surface area contributed by atoms with Gasteiger partial charge in [-0.05, 0) is 84.8 Å². The Morgan fingerprint density at radius 3 is 1.81 bits per heavy atom. The average Bonchev–Trinajstić information content (AvgIpc) is 1.52. The molecule has 0 N–H and O–H groups in total. The normalized spacial score (nSPS) is 25.3. The molecule has 3 aromatic heterocycles. The molecule has 1 aliphatic carbocycles. The van der Waals surface area contributed by atoms with Gasteiger partial charge in [0.1, 0.15) is 0 Å². The highest BCUT2D eigenvalue weighted by Crippen LogP contribution is 2.61. The van der Waals surface area contributed by atoms with Crippen molar-refractivity contribution in [2.75, 3.05) is 4.90 Å². The number of hydrogen-bond acceptors (Lipinski definition) is 4. The van der Waals surface area contributed by atoms with Crippen molar-refractivity contribution in [1.82, 2.24) is 24.1 Å². The zero-order valence-electron chi connectivity index (χ0n) is 58.1. The molecule has 4 heterocycles. The van der Waals surface area contributed by atoms with Crippen molar-refractivity contribution in [1.29, 1.82) is 0 Å². The largest absolute Gasteiger partial charge is 0.309 e. The standard InChI is InChI=1S/C53H42N6/c1-52-32-16-17-33-53(52,2)59(48-31-30-36(34-42(48)52)35-18-4-3-5-19-35)51-55-49(54-50(56-51)58-45-27-13-8-22-39(45)40-23-9-14-28-46(40)58)41-24-10-15-29-47(41)57-43-25-11-6-20-37(43)38-21-7-12-26-44(38)57/h3-15,18-31,34H,16-17,32-33H2,1-2H3/i3D,4D,5D,6D,7D,8D,9D,10D,11D,12D,13D,14D,15D,18D,19D,20D,22D,23D,24D,25D,26D,27D,28D,29D,30D,31D,34D. The van der Waals surface area contributed by atoms with E-state index in [1.165, 1.54) is 4.90 Å². The van der Waals surface area contributed by atoms with E-state index < -0.39 is 247 Å². The van der Waals surface area contributed by atoms with Crippen molar-refractivity contribution >= 4 is 55.2 Å². The lowest BCUT2D eigenvalue weighted by Gasteiger charge is -2.49. The Balaban J connectivity index is 1.32. The van der Waals surface area contributed by atoms with Gasteiger partial charge in [0.2, 0.25) is 11.9 Å². The van der Waals surface area contributed by atoms with E-state index in [-0.39, 0.29) is 34.9 Å². The summed E-state index contributed by atoms with van der Waals surface area (Å²) in [6.07, 6.45) is 1.37. The van der Waals surface area contributed by atoms with Gasteiger partial charge in [-0.25, -0.2) is 0 Å². The fraction of sp³-hybridized carbons (Fsp3) is 0.151. The number of aromatic nitrogens is 5. The molecule has 6 heteroatoms. The maximum atomic E-state index is 10.0. The van der Waals surface area contributed by atoms with Crippen LogP contribution in [-0.2, 0) is 5.41 Å². The van der Waals surface area contributed by atoms with E-state index >= 15 is 0 Å². The first-order valence-corrected chi connectivity index (χ1v) is 18.6. The molecule has 2 atom stereocenters. The Morgan fingerprint density at radius 1 is 0.492 bits per heavy atom. The lowest BCUT2D eigenvalue weighted by molar-refractivity contribution is 0.193. The first-order chi connectivity index (χ1) is 40.2. The van der Waals surface area contributed by atoms with E-state index in [1.807, 2.05) is 0 Å². The smallest absolute Gasteiger partial charge is 0.240 e. The maximum absolute atomic E-state index is 10.0. The van der Waals surface area contributed by atoms with Crippen molar-refractivity contribution in [3.63, 3.8) is 0 Å². The van der Waals surface area contributed by atoms with Crippen LogP contribution in [0.1, 0.15) is 82.1 Å². The van der Waals surface area contributed by atoms with E-state index in [2.05, 4.69) is 0 Å². The molecular formula is C53H42N6. The molecule has 1 saturated carbocycles. The summed E-state index contributed by atoms with van der Waals surface area (Å²) >= 11 is 0. The molecule has 10 aromatic rings. The predicted molar refractivity (Wildman–Crippen MR) is 242 cm³/mol. The Kier molecular flexibility index (Phi) is 3.59. The minimum absolute atomic E-state index is 0.0378. The SMILES string of the molecule is [2H]c1cc2c3c([2H])c([2H])c([2H])c([2H])c3n(-c3c([2H])c([2H])c([2H])c([2H])c3-c3nc(N4c5c([2H])c([2H])c(-c6c([2H])c([2H])c([2H])c([2H])c6[2H])c([2H])c5C5(C)CCCCC45C)nc(-n4c5c([2H])c([2H])c([2H])c([2H])c5c5c([2H])c([2H])c([2H])c([2H])c54)n3)c2c([2H])c1[2H]. The molecule has 1 fully saturated rings. The number of benzene rings is 7. The second kappa shape index (κ2) is 12.7. The first kappa shape index (κ1) is 16.7. The van der Waals surface area contributed by atoms with Gasteiger partial charge < -0.3 is 9.47 Å². The number of anilines is 2. The number of para-hydroxylation sites is 5. The van der Waals surface area contributed by atoms with Crippen LogP contribution >= 0.6 is 0 Å². The van der Waals surface area contributed by atoms with Gasteiger partial charge in [-0.15, -0.1) is 0 Å². The van der Waals surface area contributed by atoms with Crippen LogP contribution in [0.4, 0.5) is 11.6 Å². The lowest BCUT2D eigenvalue weighted by atomic mass is 9.61. The minimum Gasteiger partial charge on any atom is -0.309 e. The van der Waals surface area contributed by atoms with Gasteiger partial charge in [0.15, 0.2) is 5.82 Å². The number of nitrogens with zero attached hydrogens (tertiary/aromatic N) is 6. The summed E-state index contributed by atoms with van der Waals surface area (Å²) in [7, 11) is 0. The summed E-state index contributed by atoms with van der Waals surface area (Å²) in [6.45, 7) is 3.49. The third kappa shape index (κ3) is 4.83. The molecule has 0 bridgehead atoms. The Labute approximate surface area is 381 Å². The fourth-order valence-electron chi connectivity index (χ4n) is 8.91. The van der Waals surface area contributed by atoms with Crippen molar-refractivity contribution in [3.8, 4) is 34.2 Å². The van der Waals surface area contributed by atoms with E-state index in [9.17, 15) is 16.4 Å². The van der Waals surface area contributed by atoms with Gasteiger partial charge >= 0.3 is 0 Å². The van der Waals surface area contributed by atoms with Crippen LogP contribution in [-0.4, -0.2) is 29.6 Å². The molecule has 0 amide bonds. The van der Waals surface area contributed by atoms with Gasteiger partial charge in [-0.2, -0.15) is 15.0 Å². The van der Waals surface area contributed by atoms with Crippen LogP contribution in [0.15, 0.2) is 169 Å². The van der Waals surface area contributed by atoms with Gasteiger partial charge in [-0.3, -0.25) is 4.57 Å². The number of rotatable bonds is 5. The third-order valence-electron chi connectivity index (χ3n) is 11.9. The van der Waals surface area contributed by atoms with Crippen LogP contribution in [0, 0.1) is 0 Å². The zero-order valence-corrected chi connectivity index (χ0v) is 31.1. The summed E-state index contributed by atoms with van der Waals surface area (Å²) < 4.78 is 248. The Hall–Kier alpha value is -7.05. The Bertz CT molecular complexity index is 4760. The number of hydrogen-bond donors (Lipinski definition) is 0. The monoisotopic (exact) mass is 790 g/mol. The van der Waals surface area contributed by atoms with Crippen molar-refractivity contribution < 1.29 is 37.0 Å². The van der Waals surface area contributed by atoms with Crippen LogP contribution in [0.3, 0.4) is 0 Å². The van der Waals surface area contributed by atoms with Gasteiger partial charge in [-0.1, -0.05) is 141 Å². The van der Waals surface area contributed by atoms with Crippen molar-refractivity contribution in [3.05, 3.63) is 175 Å². The molecule has 2 unspecified atom stereocenters. The maximum Gasteiger partial charge on any atom is 0.240 e. The van der Waals surface area contributed by atoms with Gasteiger partial charge in [0.25, 0.3) is 0 Å². The molecule has 59 heavy (non-hydrogen) atoms.